The van der Waals surface area contributed by atoms with E-state index in [0.717, 1.165) is 11.3 Å². The number of benzene rings is 1. The van der Waals surface area contributed by atoms with Gasteiger partial charge in [0.25, 0.3) is 5.82 Å². The molecule has 2 aromatic heterocycles. The van der Waals surface area contributed by atoms with Crippen LogP contribution in [0.15, 0.2) is 22.7 Å². The number of hydrogen-bond acceptors (Lipinski definition) is 5. The van der Waals surface area contributed by atoms with Gasteiger partial charge in [0.1, 0.15) is 5.01 Å². The number of anilines is 1. The molecule has 0 aliphatic rings. The number of nitrogen functional groups attached to an aromatic ring is 1. The second-order valence-electron chi connectivity index (χ2n) is 3.86. The van der Waals surface area contributed by atoms with Gasteiger partial charge >= 0.3 is 6.18 Å². The fourth-order valence-corrected chi connectivity index (χ4v) is 3.04. The summed E-state index contributed by atoms with van der Waals surface area (Å²) in [7, 11) is 0. The van der Waals surface area contributed by atoms with Crippen LogP contribution in [-0.4, -0.2) is 19.8 Å². The Morgan fingerprint density at radius 3 is 2.70 bits per heavy atom. The Morgan fingerprint density at radius 1 is 1.25 bits per heavy atom. The molecule has 0 amide bonds. The number of nitrogens with two attached hydrogens (primary N) is 1. The summed E-state index contributed by atoms with van der Waals surface area (Å²) < 4.78 is 39.5. The molecule has 0 fully saturated rings. The molecule has 104 valence electrons. The van der Waals surface area contributed by atoms with E-state index in [1.165, 1.54) is 0 Å². The molecule has 10 heteroatoms. The Hall–Kier alpha value is -1.68. The van der Waals surface area contributed by atoms with Gasteiger partial charge in [0.2, 0.25) is 4.96 Å². The lowest BCUT2D eigenvalue weighted by atomic mass is 10.2. The predicted molar refractivity (Wildman–Crippen MR) is 71.2 cm³/mol. The summed E-state index contributed by atoms with van der Waals surface area (Å²) in [5, 5.41) is 10.9. The third-order valence-electron chi connectivity index (χ3n) is 2.47. The standard InChI is InChI=1S/C10H5BrF3N5S/c11-6-2-1-4(15)3-5(6)7-18-19-8(10(12,13)14)16-17-9(19)20-7/h1-3H,15H2. The van der Waals surface area contributed by atoms with Crippen LogP contribution < -0.4 is 5.73 Å². The topological polar surface area (TPSA) is 69.1 Å². The third kappa shape index (κ3) is 2.14. The summed E-state index contributed by atoms with van der Waals surface area (Å²) in [5.41, 5.74) is 6.77. The number of hydrogen-bond donors (Lipinski definition) is 1. The summed E-state index contributed by atoms with van der Waals surface area (Å²) in [6.07, 6.45) is -4.60. The van der Waals surface area contributed by atoms with E-state index >= 15 is 0 Å². The van der Waals surface area contributed by atoms with Crippen molar-refractivity contribution in [2.75, 3.05) is 5.73 Å². The van der Waals surface area contributed by atoms with Crippen molar-refractivity contribution in [1.29, 1.82) is 0 Å². The zero-order valence-electron chi connectivity index (χ0n) is 9.52. The van der Waals surface area contributed by atoms with E-state index in [0.29, 0.717) is 25.2 Å². The molecule has 0 aliphatic heterocycles. The van der Waals surface area contributed by atoms with Crippen LogP contribution in [0, 0.1) is 0 Å². The molecule has 0 saturated heterocycles. The van der Waals surface area contributed by atoms with Crippen molar-refractivity contribution in [1.82, 2.24) is 19.8 Å². The summed E-state index contributed by atoms with van der Waals surface area (Å²) >= 11 is 4.32. The molecular formula is C10H5BrF3N5S. The molecular weight excluding hydrogens is 359 g/mol. The zero-order chi connectivity index (χ0) is 14.5. The Bertz CT molecular complexity index is 794. The highest BCUT2D eigenvalue weighted by atomic mass is 79.9. The van der Waals surface area contributed by atoms with E-state index < -0.39 is 12.0 Å². The van der Waals surface area contributed by atoms with Crippen molar-refractivity contribution in [2.45, 2.75) is 6.18 Å². The van der Waals surface area contributed by atoms with Gasteiger partial charge in [-0.3, -0.25) is 0 Å². The molecule has 1 aromatic carbocycles. The van der Waals surface area contributed by atoms with Crippen LogP contribution in [0.2, 0.25) is 0 Å². The van der Waals surface area contributed by atoms with Gasteiger partial charge in [-0.2, -0.15) is 22.8 Å². The maximum Gasteiger partial charge on any atom is 0.453 e. The lowest BCUT2D eigenvalue weighted by Crippen LogP contribution is -2.11. The van der Waals surface area contributed by atoms with Gasteiger partial charge in [0, 0.05) is 15.7 Å². The molecule has 0 atom stereocenters. The smallest absolute Gasteiger partial charge is 0.399 e. The molecule has 0 radical (unpaired) electrons. The van der Waals surface area contributed by atoms with E-state index in [9.17, 15) is 13.2 Å². The molecule has 3 rings (SSSR count). The third-order valence-corrected chi connectivity index (χ3v) is 4.09. The van der Waals surface area contributed by atoms with Crippen molar-refractivity contribution in [2.24, 2.45) is 0 Å². The highest BCUT2D eigenvalue weighted by Crippen LogP contribution is 2.35. The fraction of sp³-hybridized carbons (Fsp3) is 0.100. The number of fused-ring (bicyclic) bond motifs is 1. The lowest BCUT2D eigenvalue weighted by Gasteiger charge is -2.02. The Labute approximate surface area is 122 Å². The Kier molecular flexibility index (Phi) is 2.94. The van der Waals surface area contributed by atoms with Gasteiger partial charge in [-0.1, -0.05) is 27.3 Å². The summed E-state index contributed by atoms with van der Waals surface area (Å²) in [4.78, 5) is 0.0710. The van der Waals surface area contributed by atoms with Crippen LogP contribution in [0.1, 0.15) is 5.82 Å². The first-order valence-corrected chi connectivity index (χ1v) is 6.82. The average Bonchev–Trinajstić information content (AvgIpc) is 2.89. The first-order chi connectivity index (χ1) is 9.36. The molecule has 0 bridgehead atoms. The molecule has 0 spiro atoms. The van der Waals surface area contributed by atoms with Gasteiger partial charge < -0.3 is 5.73 Å². The van der Waals surface area contributed by atoms with Gasteiger partial charge in [-0.15, -0.1) is 10.2 Å². The number of nitrogens with zero attached hydrogens (tertiary/aromatic N) is 4. The molecule has 2 heterocycles. The van der Waals surface area contributed by atoms with Gasteiger partial charge in [-0.05, 0) is 18.2 Å². The second kappa shape index (κ2) is 4.42. The number of halogens is 4. The van der Waals surface area contributed by atoms with Crippen LogP contribution in [0.3, 0.4) is 0 Å². The highest BCUT2D eigenvalue weighted by molar-refractivity contribution is 9.10. The van der Waals surface area contributed by atoms with Crippen LogP contribution >= 0.6 is 27.3 Å². The van der Waals surface area contributed by atoms with Crippen LogP contribution in [0.4, 0.5) is 18.9 Å². The minimum Gasteiger partial charge on any atom is -0.399 e. The molecule has 2 N–H and O–H groups in total. The number of aromatic nitrogens is 4. The zero-order valence-corrected chi connectivity index (χ0v) is 11.9. The summed E-state index contributed by atoms with van der Waals surface area (Å²) in [6, 6.07) is 5.01. The van der Waals surface area contributed by atoms with Gasteiger partial charge in [0.15, 0.2) is 0 Å². The first kappa shape index (κ1) is 13.3. The van der Waals surface area contributed by atoms with Crippen LogP contribution in [0.5, 0.6) is 0 Å². The van der Waals surface area contributed by atoms with E-state index in [4.69, 9.17) is 5.73 Å². The van der Waals surface area contributed by atoms with E-state index in [1.54, 1.807) is 18.2 Å². The fourth-order valence-electron chi connectivity index (χ4n) is 1.61. The summed E-state index contributed by atoms with van der Waals surface area (Å²) in [5.74, 6) is -1.14. The molecule has 20 heavy (non-hydrogen) atoms. The van der Waals surface area contributed by atoms with E-state index in [1.807, 2.05) is 0 Å². The lowest BCUT2D eigenvalue weighted by molar-refractivity contribution is -0.146. The number of rotatable bonds is 1. The van der Waals surface area contributed by atoms with Crippen molar-refractivity contribution < 1.29 is 13.2 Å². The minimum absolute atomic E-state index is 0.0710. The highest BCUT2D eigenvalue weighted by Gasteiger charge is 2.38. The molecule has 0 saturated carbocycles. The maximum atomic E-state index is 12.7. The van der Waals surface area contributed by atoms with E-state index in [-0.39, 0.29) is 4.96 Å². The quantitative estimate of drug-likeness (QED) is 0.674. The maximum absolute atomic E-state index is 12.7. The van der Waals surface area contributed by atoms with E-state index in [2.05, 4.69) is 31.2 Å². The number of alkyl halides is 3. The normalized spacial score (nSPS) is 12.2. The summed E-state index contributed by atoms with van der Waals surface area (Å²) in [6.45, 7) is 0. The van der Waals surface area contributed by atoms with Crippen molar-refractivity contribution >= 4 is 37.9 Å². The van der Waals surface area contributed by atoms with Crippen molar-refractivity contribution in [3.05, 3.63) is 28.5 Å². The SMILES string of the molecule is Nc1ccc(Br)c(-c2nn3c(C(F)(F)F)nnc3s2)c1. The molecule has 3 aromatic rings. The van der Waals surface area contributed by atoms with Crippen molar-refractivity contribution in [3.63, 3.8) is 0 Å². The molecule has 0 unspecified atom stereocenters. The predicted octanol–water partition coefficient (Wildman–Crippen LogP) is 3.22. The second-order valence-corrected chi connectivity index (χ2v) is 5.67. The average molecular weight is 364 g/mol. The Balaban J connectivity index is 2.19. The monoisotopic (exact) mass is 363 g/mol. The Morgan fingerprint density at radius 2 is 2.00 bits per heavy atom. The minimum atomic E-state index is -4.60. The van der Waals surface area contributed by atoms with Crippen LogP contribution in [-0.2, 0) is 6.18 Å². The largest absolute Gasteiger partial charge is 0.453 e. The van der Waals surface area contributed by atoms with Crippen LogP contribution in [0.25, 0.3) is 15.5 Å². The first-order valence-electron chi connectivity index (χ1n) is 5.21. The molecule has 5 nitrogen and oxygen atoms in total. The van der Waals surface area contributed by atoms with Crippen molar-refractivity contribution in [3.8, 4) is 10.6 Å². The van der Waals surface area contributed by atoms with Gasteiger partial charge in [0.05, 0.1) is 0 Å². The molecule has 0 aliphatic carbocycles. The van der Waals surface area contributed by atoms with Gasteiger partial charge in [-0.25, -0.2) is 0 Å².